The average molecular weight is 269 g/mol. The number of nitrogens with zero attached hydrogens (tertiary/aromatic N) is 2. The van der Waals surface area contributed by atoms with Crippen LogP contribution in [0.3, 0.4) is 0 Å². The Morgan fingerprint density at radius 3 is 2.55 bits per heavy atom. The molecule has 104 valence electrons. The Morgan fingerprint density at radius 1 is 1.25 bits per heavy atom. The molecule has 0 aliphatic carbocycles. The van der Waals surface area contributed by atoms with Crippen LogP contribution in [0.15, 0.2) is 54.6 Å². The van der Waals surface area contributed by atoms with Gasteiger partial charge in [-0.3, -0.25) is 4.79 Å². The molecule has 1 amide bonds. The number of hydrogen-bond donors (Lipinski definition) is 1. The van der Waals surface area contributed by atoms with E-state index < -0.39 is 0 Å². The Balaban J connectivity index is 1.88. The summed E-state index contributed by atoms with van der Waals surface area (Å²) in [6.45, 7) is 5.17. The minimum Gasteiger partial charge on any atom is -0.348 e. The van der Waals surface area contributed by atoms with Crippen molar-refractivity contribution in [3.05, 3.63) is 65.8 Å². The van der Waals surface area contributed by atoms with Crippen LogP contribution in [0.2, 0.25) is 0 Å². The van der Waals surface area contributed by atoms with Crippen LogP contribution in [0.4, 0.5) is 0 Å². The molecule has 20 heavy (non-hydrogen) atoms. The molecule has 4 heteroatoms. The van der Waals surface area contributed by atoms with Crippen LogP contribution in [0.1, 0.15) is 25.0 Å². The van der Waals surface area contributed by atoms with Crippen LogP contribution >= 0.6 is 0 Å². The molecule has 1 aromatic carbocycles. The van der Waals surface area contributed by atoms with Gasteiger partial charge in [-0.1, -0.05) is 29.8 Å². The standard InChI is InChI=1S/C16H19N3O/c1-13(2)9-16(20)18-10-14-3-5-15(6-4-14)11-19-8-7-17-12-19/h3-9,12H,10-11H2,1-2H3,(H,18,20). The summed E-state index contributed by atoms with van der Waals surface area (Å²) in [5.74, 6) is -0.0486. The monoisotopic (exact) mass is 269 g/mol. The molecule has 0 aliphatic rings. The van der Waals surface area contributed by atoms with Crippen molar-refractivity contribution in [3.8, 4) is 0 Å². The van der Waals surface area contributed by atoms with E-state index in [-0.39, 0.29) is 5.91 Å². The highest BCUT2D eigenvalue weighted by Crippen LogP contribution is 2.06. The lowest BCUT2D eigenvalue weighted by Crippen LogP contribution is -2.20. The number of amides is 1. The number of nitrogens with one attached hydrogen (secondary N) is 1. The molecule has 0 radical (unpaired) electrons. The lowest BCUT2D eigenvalue weighted by atomic mass is 10.1. The number of carbonyl (C=O) groups excluding carboxylic acids is 1. The van der Waals surface area contributed by atoms with Gasteiger partial charge in [-0.25, -0.2) is 4.98 Å². The zero-order valence-corrected chi connectivity index (χ0v) is 11.8. The van der Waals surface area contributed by atoms with Gasteiger partial charge in [-0.05, 0) is 25.0 Å². The van der Waals surface area contributed by atoms with Gasteiger partial charge in [-0.2, -0.15) is 0 Å². The summed E-state index contributed by atoms with van der Waals surface area (Å²) >= 11 is 0. The average Bonchev–Trinajstić information content (AvgIpc) is 2.90. The number of rotatable bonds is 5. The summed E-state index contributed by atoms with van der Waals surface area (Å²) < 4.78 is 2.02. The van der Waals surface area contributed by atoms with Crippen LogP contribution in [0.5, 0.6) is 0 Å². The van der Waals surface area contributed by atoms with E-state index in [0.29, 0.717) is 6.54 Å². The minimum absolute atomic E-state index is 0.0486. The fourth-order valence-electron chi connectivity index (χ4n) is 1.86. The molecule has 0 saturated carbocycles. The number of aromatic nitrogens is 2. The maximum Gasteiger partial charge on any atom is 0.244 e. The molecule has 0 bridgehead atoms. The summed E-state index contributed by atoms with van der Waals surface area (Å²) in [6, 6.07) is 8.22. The van der Waals surface area contributed by atoms with Crippen molar-refractivity contribution >= 4 is 5.91 Å². The number of allylic oxidation sites excluding steroid dienone is 1. The molecule has 4 nitrogen and oxygen atoms in total. The molecule has 1 aromatic heterocycles. The third kappa shape index (κ3) is 4.39. The van der Waals surface area contributed by atoms with E-state index in [4.69, 9.17) is 0 Å². The molecular weight excluding hydrogens is 250 g/mol. The maximum absolute atomic E-state index is 11.5. The van der Waals surface area contributed by atoms with Gasteiger partial charge in [0.05, 0.1) is 6.33 Å². The third-order valence-corrected chi connectivity index (χ3v) is 2.83. The van der Waals surface area contributed by atoms with Crippen molar-refractivity contribution in [3.63, 3.8) is 0 Å². The molecule has 1 heterocycles. The highest BCUT2D eigenvalue weighted by Gasteiger charge is 1.99. The van der Waals surface area contributed by atoms with Gasteiger partial charge in [0, 0.05) is 31.6 Å². The summed E-state index contributed by atoms with van der Waals surface area (Å²) in [7, 11) is 0. The molecule has 1 N–H and O–H groups in total. The summed E-state index contributed by atoms with van der Waals surface area (Å²) in [4.78, 5) is 15.5. The first-order valence-electron chi connectivity index (χ1n) is 6.60. The first-order valence-corrected chi connectivity index (χ1v) is 6.60. The van der Waals surface area contributed by atoms with E-state index in [0.717, 1.165) is 17.7 Å². The van der Waals surface area contributed by atoms with Gasteiger partial charge < -0.3 is 9.88 Å². The van der Waals surface area contributed by atoms with Gasteiger partial charge in [0.15, 0.2) is 0 Å². The highest BCUT2D eigenvalue weighted by molar-refractivity contribution is 5.87. The van der Waals surface area contributed by atoms with Crippen molar-refractivity contribution in [2.45, 2.75) is 26.9 Å². The Kier molecular flexibility index (Phi) is 4.71. The van der Waals surface area contributed by atoms with E-state index in [1.165, 1.54) is 5.56 Å². The first kappa shape index (κ1) is 14.1. The second kappa shape index (κ2) is 6.70. The van der Waals surface area contributed by atoms with Crippen molar-refractivity contribution in [1.82, 2.24) is 14.9 Å². The van der Waals surface area contributed by atoms with Crippen molar-refractivity contribution in [2.75, 3.05) is 0 Å². The molecule has 0 spiro atoms. The van der Waals surface area contributed by atoms with Crippen LogP contribution in [0.25, 0.3) is 0 Å². The molecule has 0 fully saturated rings. The molecule has 2 rings (SSSR count). The number of hydrogen-bond acceptors (Lipinski definition) is 2. The molecular formula is C16H19N3O. The second-order valence-electron chi connectivity index (χ2n) is 4.99. The molecule has 0 atom stereocenters. The zero-order valence-electron chi connectivity index (χ0n) is 11.8. The van der Waals surface area contributed by atoms with E-state index in [9.17, 15) is 4.79 Å². The Morgan fingerprint density at radius 2 is 1.95 bits per heavy atom. The van der Waals surface area contributed by atoms with Gasteiger partial charge in [0.2, 0.25) is 5.91 Å². The normalized spacial score (nSPS) is 10.1. The third-order valence-electron chi connectivity index (χ3n) is 2.83. The van der Waals surface area contributed by atoms with Gasteiger partial charge in [-0.15, -0.1) is 0 Å². The van der Waals surface area contributed by atoms with Gasteiger partial charge in [0.25, 0.3) is 0 Å². The van der Waals surface area contributed by atoms with Crippen molar-refractivity contribution in [1.29, 1.82) is 0 Å². The lowest BCUT2D eigenvalue weighted by Gasteiger charge is -2.06. The Labute approximate surface area is 119 Å². The Hall–Kier alpha value is -2.36. The molecule has 2 aromatic rings. The predicted molar refractivity (Wildman–Crippen MR) is 79.0 cm³/mol. The van der Waals surface area contributed by atoms with Crippen molar-refractivity contribution in [2.24, 2.45) is 0 Å². The second-order valence-corrected chi connectivity index (χ2v) is 4.99. The van der Waals surface area contributed by atoms with E-state index in [1.54, 1.807) is 18.6 Å². The van der Waals surface area contributed by atoms with Crippen LogP contribution in [-0.4, -0.2) is 15.5 Å². The highest BCUT2D eigenvalue weighted by atomic mass is 16.1. The number of carbonyl (C=O) groups is 1. The SMILES string of the molecule is CC(C)=CC(=O)NCc1ccc(Cn2ccnc2)cc1. The quantitative estimate of drug-likeness (QED) is 0.848. The largest absolute Gasteiger partial charge is 0.348 e. The molecule has 0 saturated heterocycles. The minimum atomic E-state index is -0.0486. The predicted octanol–water partition coefficient (Wildman–Crippen LogP) is 2.51. The van der Waals surface area contributed by atoms with E-state index in [1.807, 2.05) is 36.7 Å². The van der Waals surface area contributed by atoms with Crippen LogP contribution < -0.4 is 5.32 Å². The number of benzene rings is 1. The van der Waals surface area contributed by atoms with E-state index >= 15 is 0 Å². The maximum atomic E-state index is 11.5. The van der Waals surface area contributed by atoms with Gasteiger partial charge >= 0.3 is 0 Å². The Bertz CT molecular complexity index is 579. The smallest absolute Gasteiger partial charge is 0.244 e. The number of imidazole rings is 1. The molecule has 0 unspecified atom stereocenters. The topological polar surface area (TPSA) is 46.9 Å². The summed E-state index contributed by atoms with van der Waals surface area (Å²) in [6.07, 6.45) is 7.11. The van der Waals surface area contributed by atoms with Crippen molar-refractivity contribution < 1.29 is 4.79 Å². The lowest BCUT2D eigenvalue weighted by molar-refractivity contribution is -0.116. The first-order chi connectivity index (χ1) is 9.63. The fourth-order valence-corrected chi connectivity index (χ4v) is 1.86. The summed E-state index contributed by atoms with van der Waals surface area (Å²) in [5.41, 5.74) is 3.30. The van der Waals surface area contributed by atoms with Gasteiger partial charge in [0.1, 0.15) is 0 Å². The fraction of sp³-hybridized carbons (Fsp3) is 0.250. The zero-order chi connectivity index (χ0) is 14.4. The molecule has 0 aliphatic heterocycles. The van der Waals surface area contributed by atoms with Crippen LogP contribution in [0, 0.1) is 0 Å². The van der Waals surface area contributed by atoms with E-state index in [2.05, 4.69) is 22.4 Å². The summed E-state index contributed by atoms with van der Waals surface area (Å²) in [5, 5.41) is 2.86. The van der Waals surface area contributed by atoms with Crippen LogP contribution in [-0.2, 0) is 17.9 Å².